The van der Waals surface area contributed by atoms with Gasteiger partial charge in [0.1, 0.15) is 6.29 Å². The Hall–Kier alpha value is -0.370. The highest BCUT2D eigenvalue weighted by molar-refractivity contribution is 5.54. The molecular formula is C6H11O2. The quantitative estimate of drug-likeness (QED) is 0.511. The second kappa shape index (κ2) is 4.78. The van der Waals surface area contributed by atoms with Gasteiger partial charge in [-0.05, 0) is 6.92 Å². The van der Waals surface area contributed by atoms with Crippen molar-refractivity contribution < 1.29 is 9.53 Å². The van der Waals surface area contributed by atoms with Crippen LogP contribution in [0.2, 0.25) is 0 Å². The second-order valence-corrected chi connectivity index (χ2v) is 1.59. The minimum absolute atomic E-state index is 0.0741. The predicted molar refractivity (Wildman–Crippen MR) is 31.2 cm³/mol. The van der Waals surface area contributed by atoms with E-state index in [2.05, 4.69) is 0 Å². The van der Waals surface area contributed by atoms with Crippen molar-refractivity contribution in [1.29, 1.82) is 0 Å². The fraction of sp³-hybridized carbons (Fsp3) is 0.667. The predicted octanol–water partition coefficient (Wildman–Crippen LogP) is 1.02. The van der Waals surface area contributed by atoms with Crippen molar-refractivity contribution in [3.05, 3.63) is 6.61 Å². The lowest BCUT2D eigenvalue weighted by Crippen LogP contribution is -1.99. The van der Waals surface area contributed by atoms with Gasteiger partial charge in [-0.15, -0.1) is 0 Å². The first-order chi connectivity index (χ1) is 3.81. The van der Waals surface area contributed by atoms with Crippen molar-refractivity contribution in [3.8, 4) is 0 Å². The van der Waals surface area contributed by atoms with Crippen LogP contribution in [-0.4, -0.2) is 12.9 Å². The van der Waals surface area contributed by atoms with Crippen molar-refractivity contribution in [2.24, 2.45) is 5.92 Å². The molecule has 0 aromatic rings. The molecule has 1 unspecified atom stereocenters. The number of ether oxygens (including phenoxy) is 1. The number of aldehydes is 1. The van der Waals surface area contributed by atoms with Crippen molar-refractivity contribution >= 4 is 6.29 Å². The normalized spacial score (nSPS) is 13.2. The largest absolute Gasteiger partial charge is 0.375 e. The third-order valence-electron chi connectivity index (χ3n) is 0.692. The molecular weight excluding hydrogens is 104 g/mol. The standard InChI is InChI=1S/C6H11O2/c1-3-8-5-6(2)4-7/h4-6H,3H2,1-2H3. The number of carbonyl (C=O) groups excluding carboxylic acids is 1. The molecule has 0 spiro atoms. The monoisotopic (exact) mass is 115 g/mol. The Labute approximate surface area is 49.8 Å². The highest BCUT2D eigenvalue weighted by Gasteiger charge is 1.96. The molecule has 0 amide bonds. The lowest BCUT2D eigenvalue weighted by Gasteiger charge is -1.99. The van der Waals surface area contributed by atoms with E-state index in [1.54, 1.807) is 6.92 Å². The zero-order valence-electron chi connectivity index (χ0n) is 5.26. The number of hydrogen-bond acceptors (Lipinski definition) is 2. The average molecular weight is 115 g/mol. The topological polar surface area (TPSA) is 26.3 Å². The van der Waals surface area contributed by atoms with Gasteiger partial charge in [0.25, 0.3) is 0 Å². The molecule has 0 fully saturated rings. The third-order valence-corrected chi connectivity index (χ3v) is 0.692. The molecule has 8 heavy (non-hydrogen) atoms. The van der Waals surface area contributed by atoms with Gasteiger partial charge in [-0.1, -0.05) is 6.92 Å². The number of rotatable bonds is 4. The smallest absolute Gasteiger partial charge is 0.125 e. The molecule has 47 valence electrons. The van der Waals surface area contributed by atoms with Crippen molar-refractivity contribution in [1.82, 2.24) is 0 Å². The molecule has 1 atom stereocenters. The summed E-state index contributed by atoms with van der Waals surface area (Å²) in [5.74, 6) is -0.0741. The number of carbonyl (C=O) groups is 1. The van der Waals surface area contributed by atoms with E-state index < -0.39 is 0 Å². The minimum Gasteiger partial charge on any atom is -0.375 e. The highest BCUT2D eigenvalue weighted by Crippen LogP contribution is 1.94. The van der Waals surface area contributed by atoms with E-state index in [9.17, 15) is 4.79 Å². The Bertz CT molecular complexity index is 61.5. The summed E-state index contributed by atoms with van der Waals surface area (Å²) >= 11 is 0. The zero-order chi connectivity index (χ0) is 6.41. The molecule has 0 aliphatic rings. The van der Waals surface area contributed by atoms with Gasteiger partial charge in [0.05, 0.1) is 6.61 Å². The average Bonchev–Trinajstić information content (AvgIpc) is 1.83. The van der Waals surface area contributed by atoms with Crippen LogP contribution in [0, 0.1) is 12.5 Å². The van der Waals surface area contributed by atoms with Gasteiger partial charge in [0.15, 0.2) is 0 Å². The maximum absolute atomic E-state index is 9.90. The van der Waals surface area contributed by atoms with Gasteiger partial charge in [0.2, 0.25) is 0 Å². The fourth-order valence-corrected chi connectivity index (χ4v) is 0.280. The first-order valence-corrected chi connectivity index (χ1v) is 2.71. The lowest BCUT2D eigenvalue weighted by molar-refractivity contribution is -0.110. The van der Waals surface area contributed by atoms with Crippen molar-refractivity contribution in [2.45, 2.75) is 13.8 Å². The van der Waals surface area contributed by atoms with Crippen LogP contribution in [0.3, 0.4) is 0 Å². The molecule has 2 nitrogen and oxygen atoms in total. The molecule has 0 heterocycles. The van der Waals surface area contributed by atoms with Gasteiger partial charge in [0, 0.05) is 12.5 Å². The summed E-state index contributed by atoms with van der Waals surface area (Å²) in [6, 6.07) is 0. The number of hydrogen-bond donors (Lipinski definition) is 0. The summed E-state index contributed by atoms with van der Waals surface area (Å²) in [4.78, 5) is 9.90. The van der Waals surface area contributed by atoms with Crippen LogP contribution < -0.4 is 0 Å². The maximum Gasteiger partial charge on any atom is 0.125 e. The van der Waals surface area contributed by atoms with Crippen LogP contribution in [0.5, 0.6) is 0 Å². The summed E-state index contributed by atoms with van der Waals surface area (Å²) in [7, 11) is 0. The summed E-state index contributed by atoms with van der Waals surface area (Å²) in [6.07, 6.45) is 0.843. The van der Waals surface area contributed by atoms with E-state index in [4.69, 9.17) is 4.74 Å². The summed E-state index contributed by atoms with van der Waals surface area (Å²) in [5, 5.41) is 0. The summed E-state index contributed by atoms with van der Waals surface area (Å²) in [5.41, 5.74) is 0. The first-order valence-electron chi connectivity index (χ1n) is 2.71. The molecule has 0 aliphatic carbocycles. The highest BCUT2D eigenvalue weighted by atomic mass is 16.5. The zero-order valence-corrected chi connectivity index (χ0v) is 5.26. The van der Waals surface area contributed by atoms with E-state index >= 15 is 0 Å². The fourth-order valence-electron chi connectivity index (χ4n) is 0.280. The third kappa shape index (κ3) is 3.81. The molecule has 2 heteroatoms. The van der Waals surface area contributed by atoms with Crippen molar-refractivity contribution in [3.63, 3.8) is 0 Å². The van der Waals surface area contributed by atoms with Crippen LogP contribution in [0.1, 0.15) is 13.8 Å². The summed E-state index contributed by atoms with van der Waals surface area (Å²) in [6.45, 7) is 5.84. The van der Waals surface area contributed by atoms with Gasteiger partial charge in [-0.2, -0.15) is 0 Å². The van der Waals surface area contributed by atoms with Crippen LogP contribution in [0.15, 0.2) is 0 Å². The first kappa shape index (κ1) is 7.63. The molecule has 0 bridgehead atoms. The lowest BCUT2D eigenvalue weighted by atomic mass is 10.2. The summed E-state index contributed by atoms with van der Waals surface area (Å²) < 4.78 is 4.83. The molecule has 0 aromatic carbocycles. The molecule has 0 aromatic heterocycles. The van der Waals surface area contributed by atoms with Gasteiger partial charge in [-0.25, -0.2) is 0 Å². The maximum atomic E-state index is 9.90. The molecule has 0 rings (SSSR count). The van der Waals surface area contributed by atoms with Gasteiger partial charge >= 0.3 is 0 Å². The molecule has 1 radical (unpaired) electrons. The van der Waals surface area contributed by atoms with Crippen molar-refractivity contribution in [2.75, 3.05) is 6.61 Å². The second-order valence-electron chi connectivity index (χ2n) is 1.59. The van der Waals surface area contributed by atoms with Crippen LogP contribution in [-0.2, 0) is 9.53 Å². The van der Waals surface area contributed by atoms with E-state index in [1.807, 2.05) is 6.92 Å². The molecule has 0 N–H and O–H groups in total. The van der Waals surface area contributed by atoms with E-state index in [0.717, 1.165) is 6.29 Å². The Morgan fingerprint density at radius 1 is 1.75 bits per heavy atom. The van der Waals surface area contributed by atoms with E-state index in [1.165, 1.54) is 6.61 Å². The van der Waals surface area contributed by atoms with E-state index in [-0.39, 0.29) is 5.92 Å². The SMILES string of the molecule is CCO[CH]C(C)C=O. The van der Waals surface area contributed by atoms with Crippen LogP contribution in [0.25, 0.3) is 0 Å². The molecule has 0 saturated heterocycles. The van der Waals surface area contributed by atoms with E-state index in [0.29, 0.717) is 6.61 Å². The van der Waals surface area contributed by atoms with Crippen LogP contribution >= 0.6 is 0 Å². The Morgan fingerprint density at radius 3 is 2.75 bits per heavy atom. The molecule has 0 saturated carbocycles. The van der Waals surface area contributed by atoms with Gasteiger partial charge in [-0.3, -0.25) is 0 Å². The van der Waals surface area contributed by atoms with Gasteiger partial charge < -0.3 is 9.53 Å². The Kier molecular flexibility index (Phi) is 4.56. The Balaban J connectivity index is 2.98. The molecule has 0 aliphatic heterocycles. The Morgan fingerprint density at radius 2 is 2.38 bits per heavy atom. The van der Waals surface area contributed by atoms with Crippen LogP contribution in [0.4, 0.5) is 0 Å². The minimum atomic E-state index is -0.0741.